The Bertz CT molecular complexity index is 351. The molecule has 0 aromatic carbocycles. The van der Waals surface area contributed by atoms with E-state index in [0.29, 0.717) is 6.04 Å². The van der Waals surface area contributed by atoms with Crippen LogP contribution in [0.3, 0.4) is 0 Å². The van der Waals surface area contributed by atoms with E-state index in [-0.39, 0.29) is 6.04 Å². The lowest BCUT2D eigenvalue weighted by Gasteiger charge is -2.16. The molecule has 0 fully saturated rings. The van der Waals surface area contributed by atoms with Gasteiger partial charge in [0.05, 0.1) is 11.7 Å². The van der Waals surface area contributed by atoms with Gasteiger partial charge in [0.15, 0.2) is 0 Å². The number of nitrogens with zero attached hydrogens (tertiary/aromatic N) is 2. The molecule has 0 bridgehead atoms. The van der Waals surface area contributed by atoms with Crippen molar-refractivity contribution >= 4 is 0 Å². The largest absolute Gasteiger partial charge is 0.327 e. The SMILES string of the molecule is CCC(N)Cc1c(C)nn(C(CC)CC)c1C. The highest BCUT2D eigenvalue weighted by molar-refractivity contribution is 5.26. The van der Waals surface area contributed by atoms with Crippen LogP contribution < -0.4 is 5.73 Å². The lowest BCUT2D eigenvalue weighted by molar-refractivity contribution is 0.418. The van der Waals surface area contributed by atoms with E-state index in [1.54, 1.807) is 0 Å². The van der Waals surface area contributed by atoms with Gasteiger partial charge in [0.1, 0.15) is 0 Å². The van der Waals surface area contributed by atoms with Crippen molar-refractivity contribution in [2.24, 2.45) is 5.73 Å². The van der Waals surface area contributed by atoms with Crippen molar-refractivity contribution in [3.05, 3.63) is 17.0 Å². The second kappa shape index (κ2) is 6.20. The van der Waals surface area contributed by atoms with Crippen LogP contribution in [0, 0.1) is 13.8 Å². The van der Waals surface area contributed by atoms with Gasteiger partial charge < -0.3 is 5.73 Å². The predicted molar refractivity (Wildman–Crippen MR) is 73.3 cm³/mol. The minimum Gasteiger partial charge on any atom is -0.327 e. The molecule has 0 saturated heterocycles. The summed E-state index contributed by atoms with van der Waals surface area (Å²) in [4.78, 5) is 0. The highest BCUT2D eigenvalue weighted by atomic mass is 15.3. The van der Waals surface area contributed by atoms with E-state index in [1.165, 1.54) is 11.3 Å². The van der Waals surface area contributed by atoms with Crippen LogP contribution in [0.4, 0.5) is 0 Å². The van der Waals surface area contributed by atoms with Crippen LogP contribution in [0.1, 0.15) is 63.0 Å². The van der Waals surface area contributed by atoms with E-state index >= 15 is 0 Å². The first kappa shape index (κ1) is 14.2. The highest BCUT2D eigenvalue weighted by Gasteiger charge is 2.17. The summed E-state index contributed by atoms with van der Waals surface area (Å²) >= 11 is 0. The Hall–Kier alpha value is -0.830. The van der Waals surface area contributed by atoms with Gasteiger partial charge in [-0.1, -0.05) is 20.8 Å². The number of aromatic nitrogens is 2. The third-order valence-corrected chi connectivity index (χ3v) is 3.75. The average molecular weight is 237 g/mol. The fourth-order valence-electron chi connectivity index (χ4n) is 2.39. The van der Waals surface area contributed by atoms with Gasteiger partial charge in [-0.25, -0.2) is 0 Å². The van der Waals surface area contributed by atoms with Gasteiger partial charge >= 0.3 is 0 Å². The van der Waals surface area contributed by atoms with E-state index in [2.05, 4.69) is 39.3 Å². The fraction of sp³-hybridized carbons (Fsp3) is 0.786. The molecule has 3 nitrogen and oxygen atoms in total. The van der Waals surface area contributed by atoms with Gasteiger partial charge in [-0.2, -0.15) is 5.10 Å². The molecule has 0 saturated carbocycles. The molecule has 1 unspecified atom stereocenters. The van der Waals surface area contributed by atoms with Crippen molar-refractivity contribution in [2.75, 3.05) is 0 Å². The van der Waals surface area contributed by atoms with E-state index in [9.17, 15) is 0 Å². The fourth-order valence-corrected chi connectivity index (χ4v) is 2.39. The van der Waals surface area contributed by atoms with Crippen molar-refractivity contribution in [1.82, 2.24) is 9.78 Å². The Morgan fingerprint density at radius 1 is 1.12 bits per heavy atom. The van der Waals surface area contributed by atoms with Crippen LogP contribution in [0.15, 0.2) is 0 Å². The quantitative estimate of drug-likeness (QED) is 0.826. The van der Waals surface area contributed by atoms with E-state index in [4.69, 9.17) is 10.8 Å². The van der Waals surface area contributed by atoms with E-state index < -0.39 is 0 Å². The molecule has 3 heteroatoms. The Labute approximate surface area is 105 Å². The van der Waals surface area contributed by atoms with Gasteiger partial charge in [-0.15, -0.1) is 0 Å². The molecule has 0 aliphatic heterocycles. The van der Waals surface area contributed by atoms with Crippen molar-refractivity contribution in [3.63, 3.8) is 0 Å². The van der Waals surface area contributed by atoms with Crippen molar-refractivity contribution in [3.8, 4) is 0 Å². The smallest absolute Gasteiger partial charge is 0.0629 e. The molecule has 98 valence electrons. The van der Waals surface area contributed by atoms with Gasteiger partial charge in [0.25, 0.3) is 0 Å². The molecule has 0 spiro atoms. The Morgan fingerprint density at radius 3 is 2.18 bits per heavy atom. The zero-order valence-electron chi connectivity index (χ0n) is 12.0. The number of hydrogen-bond donors (Lipinski definition) is 1. The first-order chi connectivity index (χ1) is 8.04. The summed E-state index contributed by atoms with van der Waals surface area (Å²) < 4.78 is 2.20. The highest BCUT2D eigenvalue weighted by Crippen LogP contribution is 2.22. The Balaban J connectivity index is 3.00. The van der Waals surface area contributed by atoms with Crippen LogP contribution >= 0.6 is 0 Å². The number of hydrogen-bond acceptors (Lipinski definition) is 2. The summed E-state index contributed by atoms with van der Waals surface area (Å²) in [5.74, 6) is 0. The molecule has 1 atom stereocenters. The molecular weight excluding hydrogens is 210 g/mol. The van der Waals surface area contributed by atoms with Crippen LogP contribution in [-0.2, 0) is 6.42 Å². The van der Waals surface area contributed by atoms with Crippen LogP contribution in [0.5, 0.6) is 0 Å². The van der Waals surface area contributed by atoms with E-state index in [1.807, 2.05) is 0 Å². The molecule has 2 N–H and O–H groups in total. The summed E-state index contributed by atoms with van der Waals surface area (Å²) in [6, 6.07) is 0.784. The molecule has 17 heavy (non-hydrogen) atoms. The number of rotatable bonds is 6. The molecule has 0 amide bonds. The van der Waals surface area contributed by atoms with Crippen molar-refractivity contribution in [2.45, 2.75) is 72.4 Å². The first-order valence-electron chi connectivity index (χ1n) is 6.85. The second-order valence-electron chi connectivity index (χ2n) is 4.94. The summed E-state index contributed by atoms with van der Waals surface area (Å²) in [6.07, 6.45) is 4.25. The van der Waals surface area contributed by atoms with Gasteiger partial charge in [0.2, 0.25) is 0 Å². The topological polar surface area (TPSA) is 43.8 Å². The minimum atomic E-state index is 0.256. The average Bonchev–Trinajstić information content (AvgIpc) is 2.59. The minimum absolute atomic E-state index is 0.256. The lowest BCUT2D eigenvalue weighted by Crippen LogP contribution is -2.22. The summed E-state index contributed by atoms with van der Waals surface area (Å²) in [5, 5.41) is 4.70. The molecule has 0 radical (unpaired) electrons. The second-order valence-corrected chi connectivity index (χ2v) is 4.94. The van der Waals surface area contributed by atoms with Crippen molar-refractivity contribution < 1.29 is 0 Å². The zero-order chi connectivity index (χ0) is 13.0. The molecule has 1 aromatic heterocycles. The predicted octanol–water partition coefficient (Wildman–Crippen LogP) is 3.14. The monoisotopic (exact) mass is 237 g/mol. The summed E-state index contributed by atoms with van der Waals surface area (Å²) in [6.45, 7) is 10.9. The first-order valence-corrected chi connectivity index (χ1v) is 6.85. The molecular formula is C14H27N3. The van der Waals surface area contributed by atoms with Gasteiger partial charge in [-0.3, -0.25) is 4.68 Å². The standard InChI is InChI=1S/C14H27N3/c1-6-12(15)9-14-10(4)16-17(11(14)5)13(7-2)8-3/h12-13H,6-9,15H2,1-5H3. The zero-order valence-corrected chi connectivity index (χ0v) is 12.0. The van der Waals surface area contributed by atoms with Crippen molar-refractivity contribution in [1.29, 1.82) is 0 Å². The third kappa shape index (κ3) is 3.09. The van der Waals surface area contributed by atoms with Crippen LogP contribution in [0.25, 0.3) is 0 Å². The molecule has 1 heterocycles. The normalized spacial score (nSPS) is 13.4. The lowest BCUT2D eigenvalue weighted by atomic mass is 10.0. The van der Waals surface area contributed by atoms with Crippen LogP contribution in [-0.4, -0.2) is 15.8 Å². The maximum Gasteiger partial charge on any atom is 0.0629 e. The molecule has 1 aromatic rings. The Morgan fingerprint density at radius 2 is 1.71 bits per heavy atom. The summed E-state index contributed by atoms with van der Waals surface area (Å²) in [5.41, 5.74) is 9.87. The molecule has 0 aliphatic carbocycles. The number of aryl methyl sites for hydroxylation is 1. The van der Waals surface area contributed by atoms with E-state index in [0.717, 1.165) is 31.4 Å². The molecule has 0 aliphatic rings. The maximum atomic E-state index is 6.06. The van der Waals surface area contributed by atoms with Gasteiger partial charge in [-0.05, 0) is 45.1 Å². The summed E-state index contributed by atoms with van der Waals surface area (Å²) in [7, 11) is 0. The Kier molecular flexibility index (Phi) is 5.19. The third-order valence-electron chi connectivity index (χ3n) is 3.75. The van der Waals surface area contributed by atoms with Crippen LogP contribution in [0.2, 0.25) is 0 Å². The van der Waals surface area contributed by atoms with Gasteiger partial charge in [0, 0.05) is 11.7 Å². The number of nitrogens with two attached hydrogens (primary N) is 1. The maximum absolute atomic E-state index is 6.06. The molecule has 1 rings (SSSR count).